The first-order valence-corrected chi connectivity index (χ1v) is 7.06. The standard InChI is InChI=1S/C14H27N5O/c1-10(2)19(11(3)4)7-6-16-13-8-12(15)17-14(18-13)9-20-5/h8,10-11H,6-7,9H2,1-5H3,(H3,15,16,17,18). The Morgan fingerprint density at radius 1 is 1.25 bits per heavy atom. The van der Waals surface area contributed by atoms with E-state index >= 15 is 0 Å². The van der Waals surface area contributed by atoms with Crippen molar-refractivity contribution in [1.82, 2.24) is 14.9 Å². The van der Waals surface area contributed by atoms with Crippen molar-refractivity contribution in [3.8, 4) is 0 Å². The zero-order chi connectivity index (χ0) is 15.1. The van der Waals surface area contributed by atoms with E-state index in [1.54, 1.807) is 13.2 Å². The van der Waals surface area contributed by atoms with E-state index in [9.17, 15) is 0 Å². The van der Waals surface area contributed by atoms with Crippen molar-refractivity contribution in [3.05, 3.63) is 11.9 Å². The topological polar surface area (TPSA) is 76.3 Å². The molecular weight excluding hydrogens is 254 g/mol. The SMILES string of the molecule is COCc1nc(N)cc(NCCN(C(C)C)C(C)C)n1. The molecule has 0 saturated heterocycles. The van der Waals surface area contributed by atoms with Gasteiger partial charge in [0.25, 0.3) is 0 Å². The van der Waals surface area contributed by atoms with Gasteiger partial charge in [-0.2, -0.15) is 0 Å². The van der Waals surface area contributed by atoms with Gasteiger partial charge in [0.05, 0.1) is 0 Å². The summed E-state index contributed by atoms with van der Waals surface area (Å²) < 4.78 is 5.03. The molecule has 6 nitrogen and oxygen atoms in total. The third-order valence-electron chi connectivity index (χ3n) is 3.07. The first kappa shape index (κ1) is 16.7. The lowest BCUT2D eigenvalue weighted by Crippen LogP contribution is -2.40. The molecule has 0 saturated carbocycles. The minimum atomic E-state index is 0.365. The maximum atomic E-state index is 5.76. The summed E-state index contributed by atoms with van der Waals surface area (Å²) in [5.74, 6) is 1.80. The zero-order valence-electron chi connectivity index (χ0n) is 13.2. The van der Waals surface area contributed by atoms with Gasteiger partial charge in [0.15, 0.2) is 5.82 Å². The molecule has 0 radical (unpaired) electrons. The lowest BCUT2D eigenvalue weighted by molar-refractivity contribution is 0.178. The fraction of sp³-hybridized carbons (Fsp3) is 0.714. The van der Waals surface area contributed by atoms with Crippen molar-refractivity contribution in [3.63, 3.8) is 0 Å². The minimum absolute atomic E-state index is 0.365. The summed E-state index contributed by atoms with van der Waals surface area (Å²) in [5, 5.41) is 3.30. The summed E-state index contributed by atoms with van der Waals surface area (Å²) in [7, 11) is 1.61. The van der Waals surface area contributed by atoms with Crippen LogP contribution in [-0.4, -0.2) is 47.2 Å². The maximum absolute atomic E-state index is 5.76. The highest BCUT2D eigenvalue weighted by Gasteiger charge is 2.12. The van der Waals surface area contributed by atoms with E-state index in [0.717, 1.165) is 18.9 Å². The van der Waals surface area contributed by atoms with E-state index in [2.05, 4.69) is 47.9 Å². The molecule has 1 rings (SSSR count). The monoisotopic (exact) mass is 281 g/mol. The van der Waals surface area contributed by atoms with Crippen LogP contribution in [0.4, 0.5) is 11.6 Å². The zero-order valence-corrected chi connectivity index (χ0v) is 13.2. The van der Waals surface area contributed by atoms with Gasteiger partial charge in [0.2, 0.25) is 0 Å². The van der Waals surface area contributed by atoms with Gasteiger partial charge in [-0.25, -0.2) is 9.97 Å². The predicted molar refractivity (Wildman–Crippen MR) is 82.6 cm³/mol. The molecular formula is C14H27N5O. The van der Waals surface area contributed by atoms with Crippen LogP contribution in [0.3, 0.4) is 0 Å². The number of aromatic nitrogens is 2. The number of nitrogens with zero attached hydrogens (tertiary/aromatic N) is 3. The number of methoxy groups -OCH3 is 1. The second kappa shape index (κ2) is 8.01. The van der Waals surface area contributed by atoms with Gasteiger partial charge < -0.3 is 15.8 Å². The Morgan fingerprint density at radius 3 is 2.45 bits per heavy atom. The van der Waals surface area contributed by atoms with Crippen LogP contribution in [0.5, 0.6) is 0 Å². The lowest BCUT2D eigenvalue weighted by atomic mass is 10.2. The number of nitrogens with one attached hydrogen (secondary N) is 1. The smallest absolute Gasteiger partial charge is 0.158 e. The summed E-state index contributed by atoms with van der Waals surface area (Å²) >= 11 is 0. The third kappa shape index (κ3) is 5.30. The number of rotatable bonds is 8. The molecule has 0 spiro atoms. The van der Waals surface area contributed by atoms with Gasteiger partial charge in [-0.1, -0.05) is 0 Å². The van der Waals surface area contributed by atoms with Crippen molar-refractivity contribution >= 4 is 11.6 Å². The summed E-state index contributed by atoms with van der Waals surface area (Å²) in [6, 6.07) is 2.79. The fourth-order valence-corrected chi connectivity index (χ4v) is 2.23. The quantitative estimate of drug-likeness (QED) is 0.756. The summed E-state index contributed by atoms with van der Waals surface area (Å²) in [5.41, 5.74) is 5.76. The van der Waals surface area contributed by atoms with E-state index in [1.807, 2.05) is 0 Å². The van der Waals surface area contributed by atoms with E-state index in [-0.39, 0.29) is 0 Å². The molecule has 0 aromatic carbocycles. The van der Waals surface area contributed by atoms with Crippen LogP contribution in [0.15, 0.2) is 6.07 Å². The second-order valence-corrected chi connectivity index (χ2v) is 5.38. The number of anilines is 2. The molecule has 3 N–H and O–H groups in total. The molecule has 0 unspecified atom stereocenters. The first-order valence-electron chi connectivity index (χ1n) is 7.06. The minimum Gasteiger partial charge on any atom is -0.384 e. The normalized spacial score (nSPS) is 11.6. The molecule has 0 aliphatic heterocycles. The fourth-order valence-electron chi connectivity index (χ4n) is 2.23. The maximum Gasteiger partial charge on any atom is 0.158 e. The average Bonchev–Trinajstić information content (AvgIpc) is 2.33. The summed E-state index contributed by atoms with van der Waals surface area (Å²) in [6.45, 7) is 11.0. The van der Waals surface area contributed by atoms with E-state index in [1.165, 1.54) is 0 Å². The number of ether oxygens (including phenoxy) is 1. The molecule has 0 atom stereocenters. The van der Waals surface area contributed by atoms with Crippen LogP contribution in [0.25, 0.3) is 0 Å². The molecule has 1 heterocycles. The number of nitrogens with two attached hydrogens (primary N) is 1. The summed E-state index contributed by atoms with van der Waals surface area (Å²) in [4.78, 5) is 10.9. The van der Waals surface area contributed by atoms with Crippen LogP contribution in [0.1, 0.15) is 33.5 Å². The van der Waals surface area contributed by atoms with E-state index in [4.69, 9.17) is 10.5 Å². The molecule has 1 aromatic heterocycles. The first-order chi connectivity index (χ1) is 9.43. The molecule has 0 bridgehead atoms. The molecule has 0 aliphatic rings. The number of hydrogen-bond acceptors (Lipinski definition) is 6. The van der Waals surface area contributed by atoms with Crippen molar-refractivity contribution < 1.29 is 4.74 Å². The van der Waals surface area contributed by atoms with Crippen molar-refractivity contribution in [1.29, 1.82) is 0 Å². The van der Waals surface area contributed by atoms with Crippen LogP contribution in [0.2, 0.25) is 0 Å². The van der Waals surface area contributed by atoms with Gasteiger partial charge in [-0.05, 0) is 27.7 Å². The Labute approximate surface area is 121 Å². The van der Waals surface area contributed by atoms with E-state index < -0.39 is 0 Å². The largest absolute Gasteiger partial charge is 0.384 e. The van der Waals surface area contributed by atoms with Gasteiger partial charge >= 0.3 is 0 Å². The molecule has 114 valence electrons. The van der Waals surface area contributed by atoms with Gasteiger partial charge in [-0.15, -0.1) is 0 Å². The predicted octanol–water partition coefficient (Wildman–Crippen LogP) is 1.74. The van der Waals surface area contributed by atoms with Gasteiger partial charge in [-0.3, -0.25) is 4.90 Å². The molecule has 20 heavy (non-hydrogen) atoms. The molecule has 0 aliphatic carbocycles. The number of nitrogen functional groups attached to an aromatic ring is 1. The second-order valence-electron chi connectivity index (χ2n) is 5.38. The van der Waals surface area contributed by atoms with Crippen molar-refractivity contribution in [2.75, 3.05) is 31.2 Å². The Kier molecular flexibility index (Phi) is 6.67. The van der Waals surface area contributed by atoms with Gasteiger partial charge in [0, 0.05) is 38.3 Å². The Balaban J connectivity index is 2.56. The molecule has 0 amide bonds. The van der Waals surface area contributed by atoms with Gasteiger partial charge in [0.1, 0.15) is 18.2 Å². The number of hydrogen-bond donors (Lipinski definition) is 2. The molecule has 1 aromatic rings. The van der Waals surface area contributed by atoms with E-state index in [0.29, 0.717) is 30.3 Å². The van der Waals surface area contributed by atoms with Crippen LogP contribution < -0.4 is 11.1 Å². The Bertz CT molecular complexity index is 401. The highest BCUT2D eigenvalue weighted by Crippen LogP contribution is 2.09. The third-order valence-corrected chi connectivity index (χ3v) is 3.07. The van der Waals surface area contributed by atoms with Crippen LogP contribution >= 0.6 is 0 Å². The van der Waals surface area contributed by atoms with Crippen molar-refractivity contribution in [2.24, 2.45) is 0 Å². The van der Waals surface area contributed by atoms with Crippen molar-refractivity contribution in [2.45, 2.75) is 46.4 Å². The molecule has 6 heteroatoms. The lowest BCUT2D eigenvalue weighted by Gasteiger charge is -2.30. The summed E-state index contributed by atoms with van der Waals surface area (Å²) in [6.07, 6.45) is 0. The van der Waals surface area contributed by atoms with Crippen LogP contribution in [-0.2, 0) is 11.3 Å². The Morgan fingerprint density at radius 2 is 1.90 bits per heavy atom. The Hall–Kier alpha value is -1.40. The molecule has 0 fully saturated rings. The highest BCUT2D eigenvalue weighted by atomic mass is 16.5. The highest BCUT2D eigenvalue weighted by molar-refractivity contribution is 5.44. The van der Waals surface area contributed by atoms with Crippen LogP contribution in [0, 0.1) is 0 Å². The average molecular weight is 281 g/mol.